The standard InChI is InChI=1S/C15H14BrF3O3S2/c16-11-12-23(13-7-3-1-4-8-13,14-9-5-2-6-10-14)22-24(20,21)15(17,18)19/h1-10H,11-12H2. The quantitative estimate of drug-likeness (QED) is 0.462. The molecule has 0 heterocycles. The van der Waals surface area contributed by atoms with Crippen molar-refractivity contribution in [2.24, 2.45) is 0 Å². The van der Waals surface area contributed by atoms with Crippen LogP contribution >= 0.6 is 26.2 Å². The molecule has 0 radical (unpaired) electrons. The average molecular weight is 443 g/mol. The summed E-state index contributed by atoms with van der Waals surface area (Å²) in [5.41, 5.74) is -5.48. The molecule has 9 heteroatoms. The smallest absolute Gasteiger partial charge is 0.204 e. The van der Waals surface area contributed by atoms with Crippen LogP contribution in [-0.4, -0.2) is 25.0 Å². The van der Waals surface area contributed by atoms with Gasteiger partial charge in [-0.1, -0.05) is 62.6 Å². The molecule has 0 aliphatic rings. The second-order valence-corrected chi connectivity index (χ2v) is 10.1. The highest BCUT2D eigenvalue weighted by Crippen LogP contribution is 2.65. The molecule has 0 fully saturated rings. The maximum Gasteiger partial charge on any atom is 0.523 e. The van der Waals surface area contributed by atoms with Crippen molar-refractivity contribution in [3.8, 4) is 0 Å². The largest absolute Gasteiger partial charge is 0.523 e. The van der Waals surface area contributed by atoms with Crippen molar-refractivity contribution in [2.45, 2.75) is 15.3 Å². The molecular formula is C15H14BrF3O3S2. The third-order valence-electron chi connectivity index (χ3n) is 3.10. The van der Waals surface area contributed by atoms with Gasteiger partial charge in [-0.3, -0.25) is 0 Å². The van der Waals surface area contributed by atoms with Gasteiger partial charge in [-0.25, -0.2) is 3.63 Å². The van der Waals surface area contributed by atoms with Gasteiger partial charge in [0.15, 0.2) is 0 Å². The van der Waals surface area contributed by atoms with Gasteiger partial charge < -0.3 is 0 Å². The lowest BCUT2D eigenvalue weighted by molar-refractivity contribution is -0.0496. The zero-order valence-corrected chi connectivity index (χ0v) is 15.5. The number of hydrogen-bond donors (Lipinski definition) is 0. The molecule has 3 nitrogen and oxygen atoms in total. The first-order valence-corrected chi connectivity index (χ1v) is 11.0. The molecule has 0 amide bonds. The molecule has 0 bridgehead atoms. The average Bonchev–Trinajstić information content (AvgIpc) is 2.55. The topological polar surface area (TPSA) is 43.4 Å². The van der Waals surface area contributed by atoms with Crippen molar-refractivity contribution in [1.82, 2.24) is 0 Å². The van der Waals surface area contributed by atoms with Crippen LogP contribution in [0.3, 0.4) is 0 Å². The molecule has 24 heavy (non-hydrogen) atoms. The van der Waals surface area contributed by atoms with Gasteiger partial charge in [-0.05, 0) is 24.3 Å². The van der Waals surface area contributed by atoms with Gasteiger partial charge in [-0.15, -0.1) is 0 Å². The van der Waals surface area contributed by atoms with Gasteiger partial charge in [0.2, 0.25) is 0 Å². The molecule has 2 rings (SSSR count). The van der Waals surface area contributed by atoms with Crippen LogP contribution in [0, 0.1) is 0 Å². The van der Waals surface area contributed by atoms with E-state index in [1.807, 2.05) is 0 Å². The third-order valence-corrected chi connectivity index (χ3v) is 9.08. The predicted molar refractivity (Wildman–Crippen MR) is 91.7 cm³/mol. The van der Waals surface area contributed by atoms with E-state index >= 15 is 0 Å². The highest BCUT2D eigenvalue weighted by Gasteiger charge is 2.51. The van der Waals surface area contributed by atoms with E-state index in [4.69, 9.17) is 3.63 Å². The van der Waals surface area contributed by atoms with Gasteiger partial charge in [-0.2, -0.15) is 21.6 Å². The fraction of sp³-hybridized carbons (Fsp3) is 0.200. The monoisotopic (exact) mass is 442 g/mol. The molecule has 0 N–H and O–H groups in total. The molecule has 0 unspecified atom stereocenters. The summed E-state index contributed by atoms with van der Waals surface area (Å²) in [6.07, 6.45) is 0. The molecule has 0 aromatic heterocycles. The zero-order valence-electron chi connectivity index (χ0n) is 12.2. The molecule has 0 atom stereocenters. The van der Waals surface area contributed by atoms with Gasteiger partial charge >= 0.3 is 15.6 Å². The highest BCUT2D eigenvalue weighted by molar-refractivity contribution is 9.09. The fourth-order valence-electron chi connectivity index (χ4n) is 2.07. The Hall–Kier alpha value is -1.03. The van der Waals surface area contributed by atoms with Crippen LogP contribution in [0.4, 0.5) is 13.2 Å². The van der Waals surface area contributed by atoms with Crippen molar-refractivity contribution < 1.29 is 25.2 Å². The Morgan fingerprint density at radius 2 is 1.29 bits per heavy atom. The highest BCUT2D eigenvalue weighted by atomic mass is 79.9. The van der Waals surface area contributed by atoms with E-state index < -0.39 is 25.9 Å². The summed E-state index contributed by atoms with van der Waals surface area (Å²) in [6.45, 7) is 0. The van der Waals surface area contributed by atoms with Crippen molar-refractivity contribution in [2.75, 3.05) is 11.1 Å². The normalized spacial score (nSPS) is 13.7. The molecule has 2 aromatic carbocycles. The number of alkyl halides is 4. The Morgan fingerprint density at radius 1 is 0.875 bits per heavy atom. The van der Waals surface area contributed by atoms with E-state index in [-0.39, 0.29) is 11.1 Å². The van der Waals surface area contributed by atoms with Crippen LogP contribution < -0.4 is 0 Å². The van der Waals surface area contributed by atoms with Crippen LogP contribution in [0.15, 0.2) is 70.5 Å². The molecule has 0 saturated heterocycles. The van der Waals surface area contributed by atoms with Gasteiger partial charge in [0.05, 0.1) is 0 Å². The van der Waals surface area contributed by atoms with Crippen molar-refractivity contribution >= 4 is 36.4 Å². The van der Waals surface area contributed by atoms with Crippen LogP contribution in [0.1, 0.15) is 0 Å². The second-order valence-electron chi connectivity index (χ2n) is 4.66. The molecule has 132 valence electrons. The summed E-state index contributed by atoms with van der Waals surface area (Å²) in [5.74, 6) is 0.0797. The molecule has 0 spiro atoms. The van der Waals surface area contributed by atoms with E-state index in [1.165, 1.54) is 0 Å². The van der Waals surface area contributed by atoms with E-state index in [0.29, 0.717) is 9.79 Å². The summed E-state index contributed by atoms with van der Waals surface area (Å²) in [5, 5.41) is 0.277. The van der Waals surface area contributed by atoms with Crippen LogP contribution in [0.2, 0.25) is 0 Å². The Kier molecular flexibility index (Phi) is 6.00. The Morgan fingerprint density at radius 3 is 1.62 bits per heavy atom. The second kappa shape index (κ2) is 7.47. The van der Waals surface area contributed by atoms with Crippen LogP contribution in [-0.2, 0) is 13.7 Å². The van der Waals surface area contributed by atoms with Crippen molar-refractivity contribution in [1.29, 1.82) is 0 Å². The van der Waals surface area contributed by atoms with E-state index in [2.05, 4.69) is 15.9 Å². The van der Waals surface area contributed by atoms with Gasteiger partial charge in [0.25, 0.3) is 0 Å². The summed E-state index contributed by atoms with van der Waals surface area (Å²) < 4.78 is 67.2. The number of benzene rings is 2. The molecule has 0 saturated carbocycles. The lowest BCUT2D eigenvalue weighted by Crippen LogP contribution is -2.28. The molecule has 0 aliphatic heterocycles. The summed E-state index contributed by atoms with van der Waals surface area (Å²) in [7, 11) is -8.66. The minimum absolute atomic E-state index is 0.0797. The fourth-order valence-corrected chi connectivity index (χ4v) is 8.02. The first kappa shape index (κ1) is 19.3. The van der Waals surface area contributed by atoms with E-state index in [1.54, 1.807) is 60.7 Å². The summed E-state index contributed by atoms with van der Waals surface area (Å²) in [4.78, 5) is 0.812. The first-order chi connectivity index (χ1) is 11.2. The minimum atomic E-state index is -5.76. The van der Waals surface area contributed by atoms with Gasteiger partial charge in [0.1, 0.15) is 0 Å². The molecule has 0 aliphatic carbocycles. The lowest BCUT2D eigenvalue weighted by atomic mass is 10.4. The Labute approximate surface area is 148 Å². The predicted octanol–water partition coefficient (Wildman–Crippen LogP) is 5.09. The maximum atomic E-state index is 12.9. The van der Waals surface area contributed by atoms with Crippen LogP contribution in [0.5, 0.6) is 0 Å². The number of rotatable bonds is 6. The maximum absolute atomic E-state index is 12.9. The Balaban J connectivity index is 2.69. The van der Waals surface area contributed by atoms with Gasteiger partial charge in [0, 0.05) is 20.9 Å². The third kappa shape index (κ3) is 3.96. The van der Waals surface area contributed by atoms with Crippen molar-refractivity contribution in [3.05, 3.63) is 60.7 Å². The SMILES string of the molecule is O=S(=O)(OS(CCBr)(c1ccccc1)c1ccccc1)C(F)(F)F. The summed E-state index contributed by atoms with van der Waals surface area (Å²) >= 11 is 3.20. The van der Waals surface area contributed by atoms with Crippen LogP contribution in [0.25, 0.3) is 0 Å². The number of halogens is 4. The minimum Gasteiger partial charge on any atom is -0.204 e. The Bertz CT molecular complexity index is 726. The zero-order chi connectivity index (χ0) is 17.8. The number of hydrogen-bond acceptors (Lipinski definition) is 3. The first-order valence-electron chi connectivity index (χ1n) is 6.72. The van der Waals surface area contributed by atoms with E-state index in [9.17, 15) is 21.6 Å². The molecular weight excluding hydrogens is 429 g/mol. The van der Waals surface area contributed by atoms with E-state index in [0.717, 1.165) is 0 Å². The van der Waals surface area contributed by atoms with Crippen molar-refractivity contribution in [3.63, 3.8) is 0 Å². The lowest BCUT2D eigenvalue weighted by Gasteiger charge is -2.38. The summed E-state index contributed by atoms with van der Waals surface area (Å²) in [6, 6.07) is 16.3. The molecule has 2 aromatic rings.